The van der Waals surface area contributed by atoms with Gasteiger partial charge in [0, 0.05) is 0 Å². The Morgan fingerprint density at radius 2 is 0.724 bits per heavy atom. The van der Waals surface area contributed by atoms with Gasteiger partial charge in [-0.2, -0.15) is 0 Å². The van der Waals surface area contributed by atoms with Crippen LogP contribution in [0.15, 0.2) is 0 Å². The van der Waals surface area contributed by atoms with Gasteiger partial charge in [-0.05, 0) is 51.4 Å². The van der Waals surface area contributed by atoms with Gasteiger partial charge in [-0.15, -0.1) is 0 Å². The number of ether oxygens (including phenoxy) is 1. The zero-order valence-electron chi connectivity index (χ0n) is 20.7. The van der Waals surface area contributed by atoms with Crippen LogP contribution in [-0.4, -0.2) is 11.2 Å². The van der Waals surface area contributed by atoms with Crippen molar-refractivity contribution in [1.29, 1.82) is 0 Å². The molecule has 0 saturated heterocycles. The molecule has 4 atom stereocenters. The molecule has 29 heavy (non-hydrogen) atoms. The number of hydrogen-bond donors (Lipinski definition) is 0. The maximum atomic E-state index is 7.34. The highest BCUT2D eigenvalue weighted by atomic mass is 16.5. The lowest BCUT2D eigenvalue weighted by Crippen LogP contribution is -2.48. The average molecular weight is 407 g/mol. The van der Waals surface area contributed by atoms with E-state index in [2.05, 4.69) is 27.7 Å². The molecule has 1 nitrogen and oxygen atoms in total. The van der Waals surface area contributed by atoms with Crippen molar-refractivity contribution in [2.75, 3.05) is 0 Å². The van der Waals surface area contributed by atoms with Crippen molar-refractivity contribution >= 4 is 0 Å². The smallest absolute Gasteiger partial charge is 0.0687 e. The minimum Gasteiger partial charge on any atom is -0.369 e. The Morgan fingerprint density at radius 3 is 1.07 bits per heavy atom. The predicted molar refractivity (Wildman–Crippen MR) is 129 cm³/mol. The molecule has 0 aliphatic heterocycles. The van der Waals surface area contributed by atoms with Gasteiger partial charge in [0.2, 0.25) is 0 Å². The summed E-state index contributed by atoms with van der Waals surface area (Å²) in [6, 6.07) is 0. The molecule has 0 bridgehead atoms. The van der Waals surface area contributed by atoms with E-state index in [4.69, 9.17) is 4.74 Å². The molecule has 0 N–H and O–H groups in total. The van der Waals surface area contributed by atoms with Gasteiger partial charge >= 0.3 is 0 Å². The van der Waals surface area contributed by atoms with E-state index in [1.54, 1.807) is 0 Å². The second-order valence-electron chi connectivity index (χ2n) is 11.3. The first-order valence-electron chi connectivity index (χ1n) is 13.7. The molecule has 0 aromatic heterocycles. The maximum absolute atomic E-state index is 7.34. The molecule has 2 saturated carbocycles. The first-order chi connectivity index (χ1) is 14.0. The van der Waals surface area contributed by atoms with Gasteiger partial charge in [0.1, 0.15) is 0 Å². The van der Waals surface area contributed by atoms with E-state index in [0.29, 0.717) is 11.8 Å². The Morgan fingerprint density at radius 1 is 0.448 bits per heavy atom. The van der Waals surface area contributed by atoms with Crippen molar-refractivity contribution in [1.82, 2.24) is 0 Å². The Labute approximate surface area is 184 Å². The van der Waals surface area contributed by atoms with Crippen molar-refractivity contribution in [3.8, 4) is 0 Å². The van der Waals surface area contributed by atoms with Crippen molar-refractivity contribution in [3.05, 3.63) is 0 Å². The van der Waals surface area contributed by atoms with Crippen LogP contribution in [-0.2, 0) is 4.74 Å². The van der Waals surface area contributed by atoms with Gasteiger partial charge in [-0.3, -0.25) is 0 Å². The monoisotopic (exact) mass is 406 g/mol. The first kappa shape index (κ1) is 25.2. The summed E-state index contributed by atoms with van der Waals surface area (Å²) in [4.78, 5) is 0. The second kappa shape index (κ2) is 13.4. The topological polar surface area (TPSA) is 9.23 Å². The summed E-state index contributed by atoms with van der Waals surface area (Å²) in [5, 5.41) is 0. The van der Waals surface area contributed by atoms with Crippen molar-refractivity contribution in [2.45, 2.75) is 167 Å². The van der Waals surface area contributed by atoms with Gasteiger partial charge in [0.05, 0.1) is 11.2 Å². The lowest BCUT2D eigenvalue weighted by molar-refractivity contribution is -0.194. The highest BCUT2D eigenvalue weighted by Crippen LogP contribution is 2.42. The van der Waals surface area contributed by atoms with Gasteiger partial charge in [0.15, 0.2) is 0 Å². The molecule has 172 valence electrons. The SMILES string of the molecule is CC1CCCCCCCCCCC1(C)OC1(C)CCCCCCCCCCC1C. The van der Waals surface area contributed by atoms with Crippen LogP contribution < -0.4 is 0 Å². The molecule has 2 fully saturated rings. The largest absolute Gasteiger partial charge is 0.369 e. The van der Waals surface area contributed by atoms with Crippen LogP contribution in [0.3, 0.4) is 0 Å². The lowest BCUT2D eigenvalue weighted by atomic mass is 9.77. The second-order valence-corrected chi connectivity index (χ2v) is 11.3. The molecule has 4 unspecified atom stereocenters. The van der Waals surface area contributed by atoms with Crippen LogP contribution in [0.1, 0.15) is 156 Å². The highest BCUT2D eigenvalue weighted by molar-refractivity contribution is 4.90. The molecule has 0 aromatic carbocycles. The summed E-state index contributed by atoms with van der Waals surface area (Å²) < 4.78 is 7.34. The average Bonchev–Trinajstić information content (AvgIpc) is 2.68. The van der Waals surface area contributed by atoms with E-state index in [-0.39, 0.29) is 11.2 Å². The quantitative estimate of drug-likeness (QED) is 0.443. The molecular weight excluding hydrogens is 352 g/mol. The first-order valence-corrected chi connectivity index (χ1v) is 13.7. The Kier molecular flexibility index (Phi) is 11.6. The van der Waals surface area contributed by atoms with Gasteiger partial charge in [-0.1, -0.05) is 117 Å². The van der Waals surface area contributed by atoms with Crippen LogP contribution in [0, 0.1) is 11.8 Å². The third-order valence-electron chi connectivity index (χ3n) is 8.67. The summed E-state index contributed by atoms with van der Waals surface area (Å²) >= 11 is 0. The van der Waals surface area contributed by atoms with Crippen LogP contribution >= 0.6 is 0 Å². The summed E-state index contributed by atoms with van der Waals surface area (Å²) in [7, 11) is 0. The van der Waals surface area contributed by atoms with Crippen molar-refractivity contribution < 1.29 is 4.74 Å². The van der Waals surface area contributed by atoms with Gasteiger partial charge < -0.3 is 4.74 Å². The molecule has 2 aliphatic carbocycles. The van der Waals surface area contributed by atoms with Gasteiger partial charge in [-0.25, -0.2) is 0 Å². The molecule has 0 amide bonds. The predicted octanol–water partition coefficient (Wildman–Crippen LogP) is 9.62. The standard InChI is InChI=1S/C28H54O/c1-25-21-17-13-9-5-7-11-15-19-23-27(25,3)29-28(4)24-20-16-12-8-6-10-14-18-22-26(28)2/h25-26H,5-24H2,1-4H3. The minimum absolute atomic E-state index is 0.0548. The van der Waals surface area contributed by atoms with E-state index in [1.807, 2.05) is 0 Å². The van der Waals surface area contributed by atoms with E-state index in [9.17, 15) is 0 Å². The maximum Gasteiger partial charge on any atom is 0.0687 e. The third-order valence-corrected chi connectivity index (χ3v) is 8.67. The Bertz CT molecular complexity index is 381. The molecule has 0 aromatic rings. The number of rotatable bonds is 2. The van der Waals surface area contributed by atoms with E-state index in [0.717, 1.165) is 0 Å². The summed E-state index contributed by atoms with van der Waals surface area (Å²) in [6.45, 7) is 9.96. The molecule has 0 spiro atoms. The third kappa shape index (κ3) is 8.92. The van der Waals surface area contributed by atoms with Crippen LogP contribution in [0.25, 0.3) is 0 Å². The summed E-state index contributed by atoms with van der Waals surface area (Å²) in [5.74, 6) is 1.35. The molecule has 0 heterocycles. The van der Waals surface area contributed by atoms with Gasteiger partial charge in [0.25, 0.3) is 0 Å². The van der Waals surface area contributed by atoms with E-state index >= 15 is 0 Å². The fraction of sp³-hybridized carbons (Fsp3) is 1.00. The fourth-order valence-electron chi connectivity index (χ4n) is 5.91. The molecule has 2 rings (SSSR count). The normalized spacial score (nSPS) is 38.1. The zero-order chi connectivity index (χ0) is 21.0. The van der Waals surface area contributed by atoms with E-state index in [1.165, 1.54) is 128 Å². The lowest BCUT2D eigenvalue weighted by Gasteiger charge is -2.47. The summed E-state index contributed by atoms with van der Waals surface area (Å²) in [6.07, 6.45) is 27.9. The van der Waals surface area contributed by atoms with Crippen molar-refractivity contribution in [3.63, 3.8) is 0 Å². The molecule has 0 radical (unpaired) electrons. The summed E-state index contributed by atoms with van der Waals surface area (Å²) in [5.41, 5.74) is 0.110. The highest BCUT2D eigenvalue weighted by Gasteiger charge is 2.41. The molecule has 1 heteroatoms. The van der Waals surface area contributed by atoms with Crippen LogP contribution in [0.4, 0.5) is 0 Å². The molecular formula is C28H54O. The molecule has 2 aliphatic rings. The minimum atomic E-state index is 0.0548. The fourth-order valence-corrected chi connectivity index (χ4v) is 5.91. The van der Waals surface area contributed by atoms with Crippen LogP contribution in [0.5, 0.6) is 0 Å². The zero-order valence-corrected chi connectivity index (χ0v) is 20.7. The Hall–Kier alpha value is -0.0400. The Balaban J connectivity index is 2.09. The van der Waals surface area contributed by atoms with Crippen LogP contribution in [0.2, 0.25) is 0 Å². The van der Waals surface area contributed by atoms with Crippen molar-refractivity contribution in [2.24, 2.45) is 11.8 Å². The van der Waals surface area contributed by atoms with E-state index < -0.39 is 0 Å². The number of hydrogen-bond acceptors (Lipinski definition) is 1.